The number of carbonyl (C=O) groups excluding carboxylic acids is 1. The summed E-state index contributed by atoms with van der Waals surface area (Å²) < 4.78 is 10.7. The van der Waals surface area contributed by atoms with Gasteiger partial charge in [0, 0.05) is 7.05 Å². The average Bonchev–Trinajstić information content (AvgIpc) is 2.50. The van der Waals surface area contributed by atoms with E-state index in [-0.39, 0.29) is 12.5 Å². The van der Waals surface area contributed by atoms with Crippen LogP contribution in [-0.4, -0.2) is 47.7 Å². The SMILES string of the molecule is COc1cccc(COC(C)C(=O)N(C)C(C)(C)C(=O)O)c1. The molecule has 6 heteroatoms. The molecule has 0 aliphatic carbocycles. The number of hydrogen-bond donors (Lipinski definition) is 1. The summed E-state index contributed by atoms with van der Waals surface area (Å²) in [5.74, 6) is -0.733. The highest BCUT2D eigenvalue weighted by molar-refractivity contribution is 5.88. The monoisotopic (exact) mass is 309 g/mol. The molecule has 0 saturated heterocycles. The van der Waals surface area contributed by atoms with E-state index in [4.69, 9.17) is 14.6 Å². The summed E-state index contributed by atoms with van der Waals surface area (Å²) >= 11 is 0. The van der Waals surface area contributed by atoms with Crippen molar-refractivity contribution in [1.29, 1.82) is 0 Å². The number of benzene rings is 1. The van der Waals surface area contributed by atoms with Crippen LogP contribution in [0.3, 0.4) is 0 Å². The average molecular weight is 309 g/mol. The summed E-state index contributed by atoms with van der Waals surface area (Å²) in [6.07, 6.45) is -0.741. The fourth-order valence-corrected chi connectivity index (χ4v) is 1.75. The third-order valence-corrected chi connectivity index (χ3v) is 3.67. The molecule has 0 spiro atoms. The highest BCUT2D eigenvalue weighted by Gasteiger charge is 2.37. The standard InChI is InChI=1S/C16H23NO5/c1-11(14(18)17(4)16(2,3)15(19)20)22-10-12-7-6-8-13(9-12)21-5/h6-9,11H,10H2,1-5H3,(H,19,20). The van der Waals surface area contributed by atoms with Gasteiger partial charge in [0.1, 0.15) is 17.4 Å². The van der Waals surface area contributed by atoms with Gasteiger partial charge in [0.15, 0.2) is 0 Å². The maximum atomic E-state index is 12.3. The Morgan fingerprint density at radius 3 is 2.55 bits per heavy atom. The lowest BCUT2D eigenvalue weighted by molar-refractivity contribution is -0.160. The Hall–Kier alpha value is -2.08. The molecule has 1 aromatic rings. The molecule has 122 valence electrons. The molecule has 0 aliphatic rings. The van der Waals surface area contributed by atoms with E-state index in [1.807, 2.05) is 24.3 Å². The van der Waals surface area contributed by atoms with Crippen molar-refractivity contribution in [2.45, 2.75) is 39.0 Å². The molecule has 1 N–H and O–H groups in total. The summed E-state index contributed by atoms with van der Waals surface area (Å²) in [7, 11) is 3.04. The Kier molecular flexibility index (Phi) is 5.93. The third kappa shape index (κ3) is 4.21. The van der Waals surface area contributed by atoms with Crippen LogP contribution in [0.4, 0.5) is 0 Å². The molecule has 6 nitrogen and oxygen atoms in total. The molecule has 1 atom stereocenters. The number of hydrogen-bond acceptors (Lipinski definition) is 4. The lowest BCUT2D eigenvalue weighted by Crippen LogP contribution is -2.53. The van der Waals surface area contributed by atoms with E-state index in [1.54, 1.807) is 14.0 Å². The molecule has 1 aromatic carbocycles. The predicted molar refractivity (Wildman–Crippen MR) is 81.7 cm³/mol. The van der Waals surface area contributed by atoms with Crippen molar-refractivity contribution in [3.05, 3.63) is 29.8 Å². The van der Waals surface area contributed by atoms with E-state index < -0.39 is 17.6 Å². The molecule has 0 saturated carbocycles. The second-order valence-electron chi connectivity index (χ2n) is 5.57. The van der Waals surface area contributed by atoms with Gasteiger partial charge in [0.2, 0.25) is 0 Å². The number of rotatable bonds is 7. The second kappa shape index (κ2) is 7.26. The van der Waals surface area contributed by atoms with Crippen molar-refractivity contribution >= 4 is 11.9 Å². The van der Waals surface area contributed by atoms with Gasteiger partial charge < -0.3 is 19.5 Å². The van der Waals surface area contributed by atoms with E-state index in [0.717, 1.165) is 5.56 Å². The van der Waals surface area contributed by atoms with E-state index in [0.29, 0.717) is 5.75 Å². The zero-order valence-corrected chi connectivity index (χ0v) is 13.6. The number of aliphatic carboxylic acids is 1. The van der Waals surface area contributed by atoms with Gasteiger partial charge in [0.05, 0.1) is 13.7 Å². The zero-order valence-electron chi connectivity index (χ0n) is 13.6. The number of likely N-dealkylation sites (N-methyl/N-ethyl adjacent to an activating group) is 1. The van der Waals surface area contributed by atoms with E-state index >= 15 is 0 Å². The fourth-order valence-electron chi connectivity index (χ4n) is 1.75. The van der Waals surface area contributed by atoms with Crippen molar-refractivity contribution in [2.24, 2.45) is 0 Å². The van der Waals surface area contributed by atoms with Crippen LogP contribution < -0.4 is 4.74 Å². The quantitative estimate of drug-likeness (QED) is 0.833. The van der Waals surface area contributed by atoms with Gasteiger partial charge in [-0.2, -0.15) is 0 Å². The number of carboxylic acid groups (broad SMARTS) is 1. The summed E-state index contributed by atoms with van der Waals surface area (Å²) in [4.78, 5) is 24.6. The Morgan fingerprint density at radius 1 is 1.36 bits per heavy atom. The summed E-state index contributed by atoms with van der Waals surface area (Å²) in [5.41, 5.74) is -0.413. The summed E-state index contributed by atoms with van der Waals surface area (Å²) in [6, 6.07) is 7.34. The topological polar surface area (TPSA) is 76.1 Å². The molecule has 22 heavy (non-hydrogen) atoms. The largest absolute Gasteiger partial charge is 0.497 e. The predicted octanol–water partition coefficient (Wildman–Crippen LogP) is 1.92. The first-order chi connectivity index (χ1) is 10.2. The van der Waals surface area contributed by atoms with Crippen molar-refractivity contribution in [3.8, 4) is 5.75 Å². The molecule has 0 radical (unpaired) electrons. The van der Waals surface area contributed by atoms with Crippen LogP contribution in [-0.2, 0) is 20.9 Å². The first-order valence-electron chi connectivity index (χ1n) is 6.95. The minimum absolute atomic E-state index is 0.242. The van der Waals surface area contributed by atoms with Gasteiger partial charge >= 0.3 is 5.97 Å². The smallest absolute Gasteiger partial charge is 0.329 e. The van der Waals surface area contributed by atoms with Crippen LogP contribution >= 0.6 is 0 Å². The van der Waals surface area contributed by atoms with Gasteiger partial charge in [-0.25, -0.2) is 4.79 Å². The van der Waals surface area contributed by atoms with Gasteiger partial charge in [-0.1, -0.05) is 12.1 Å². The van der Waals surface area contributed by atoms with Crippen LogP contribution in [0.1, 0.15) is 26.3 Å². The summed E-state index contributed by atoms with van der Waals surface area (Å²) in [6.45, 7) is 4.80. The fraction of sp³-hybridized carbons (Fsp3) is 0.500. The number of methoxy groups -OCH3 is 1. The Morgan fingerprint density at radius 2 is 2.00 bits per heavy atom. The number of amides is 1. The molecule has 0 heterocycles. The third-order valence-electron chi connectivity index (χ3n) is 3.67. The van der Waals surface area contributed by atoms with Gasteiger partial charge in [0.25, 0.3) is 5.91 Å². The Balaban J connectivity index is 2.66. The van der Waals surface area contributed by atoms with Crippen LogP contribution in [0, 0.1) is 0 Å². The van der Waals surface area contributed by atoms with Gasteiger partial charge in [-0.05, 0) is 38.5 Å². The van der Waals surface area contributed by atoms with Crippen LogP contribution in [0.2, 0.25) is 0 Å². The zero-order chi connectivity index (χ0) is 16.9. The van der Waals surface area contributed by atoms with Crippen LogP contribution in [0.15, 0.2) is 24.3 Å². The van der Waals surface area contributed by atoms with E-state index in [9.17, 15) is 9.59 Å². The van der Waals surface area contributed by atoms with Crippen molar-refractivity contribution in [3.63, 3.8) is 0 Å². The molecule has 0 fully saturated rings. The maximum Gasteiger partial charge on any atom is 0.329 e. The molecule has 0 aliphatic heterocycles. The Bertz CT molecular complexity index is 541. The van der Waals surface area contributed by atoms with Crippen LogP contribution in [0.5, 0.6) is 5.75 Å². The minimum atomic E-state index is -1.29. The van der Waals surface area contributed by atoms with E-state index in [1.165, 1.54) is 25.8 Å². The molecular formula is C16H23NO5. The number of nitrogens with zero attached hydrogens (tertiary/aromatic N) is 1. The number of carbonyl (C=O) groups is 2. The van der Waals surface area contributed by atoms with Crippen LogP contribution in [0.25, 0.3) is 0 Å². The Labute approximate surface area is 130 Å². The molecule has 0 bridgehead atoms. The maximum absolute atomic E-state index is 12.3. The first kappa shape index (κ1) is 18.0. The van der Waals surface area contributed by atoms with E-state index in [2.05, 4.69) is 0 Å². The first-order valence-corrected chi connectivity index (χ1v) is 6.95. The molecule has 1 amide bonds. The van der Waals surface area contributed by atoms with Crippen molar-refractivity contribution in [2.75, 3.05) is 14.2 Å². The summed E-state index contributed by atoms with van der Waals surface area (Å²) in [5, 5.41) is 9.16. The van der Waals surface area contributed by atoms with Gasteiger partial charge in [-0.3, -0.25) is 4.79 Å². The molecule has 0 aromatic heterocycles. The second-order valence-corrected chi connectivity index (χ2v) is 5.57. The molecule has 1 unspecified atom stereocenters. The molecule has 1 rings (SSSR count). The lowest BCUT2D eigenvalue weighted by Gasteiger charge is -2.33. The highest BCUT2D eigenvalue weighted by Crippen LogP contribution is 2.17. The highest BCUT2D eigenvalue weighted by atomic mass is 16.5. The molecular weight excluding hydrogens is 286 g/mol. The van der Waals surface area contributed by atoms with Gasteiger partial charge in [-0.15, -0.1) is 0 Å². The number of carboxylic acids is 1. The van der Waals surface area contributed by atoms with Crippen molar-refractivity contribution < 1.29 is 24.2 Å². The van der Waals surface area contributed by atoms with Crippen molar-refractivity contribution in [1.82, 2.24) is 4.90 Å². The minimum Gasteiger partial charge on any atom is -0.497 e. The normalized spacial score (nSPS) is 12.6. The number of ether oxygens (including phenoxy) is 2. The lowest BCUT2D eigenvalue weighted by atomic mass is 10.0.